The number of carbonyl (C=O) groups excluding carboxylic acids is 1. The van der Waals surface area contributed by atoms with Crippen LogP contribution < -0.4 is 15.8 Å². The minimum absolute atomic E-state index is 0.0291. The van der Waals surface area contributed by atoms with Crippen LogP contribution in [0.4, 0.5) is 5.69 Å². The number of amides is 1. The molecule has 1 amide bonds. The average Bonchev–Trinajstić information content (AvgIpc) is 3.22. The van der Waals surface area contributed by atoms with Gasteiger partial charge in [0.2, 0.25) is 5.91 Å². The van der Waals surface area contributed by atoms with Gasteiger partial charge in [0.15, 0.2) is 0 Å². The molecular formula is C18H19N3O. The fourth-order valence-electron chi connectivity index (χ4n) is 3.47. The predicted octanol–water partition coefficient (Wildman–Crippen LogP) is 2.04. The van der Waals surface area contributed by atoms with Gasteiger partial charge in [-0.1, -0.05) is 48.5 Å². The Hall–Kier alpha value is -2.17. The topological polar surface area (TPSA) is 44.4 Å². The van der Waals surface area contributed by atoms with Gasteiger partial charge >= 0.3 is 0 Å². The maximum absolute atomic E-state index is 13.0. The molecule has 4 heteroatoms. The second kappa shape index (κ2) is 5.55. The maximum Gasteiger partial charge on any atom is 0.233 e. The molecule has 2 aromatic carbocycles. The predicted molar refractivity (Wildman–Crippen MR) is 86.3 cm³/mol. The zero-order valence-electron chi connectivity index (χ0n) is 12.3. The van der Waals surface area contributed by atoms with Crippen LogP contribution in [0.5, 0.6) is 0 Å². The fraction of sp³-hybridized carbons (Fsp3) is 0.278. The summed E-state index contributed by atoms with van der Waals surface area (Å²) in [5.41, 5.74) is 9.90. The molecule has 4 rings (SSSR count). The minimum atomic E-state index is -0.0754. The summed E-state index contributed by atoms with van der Waals surface area (Å²) in [5.74, 6) is 0.129. The molecule has 0 aromatic heterocycles. The Morgan fingerprint density at radius 1 is 1.05 bits per heavy atom. The van der Waals surface area contributed by atoms with Gasteiger partial charge in [0.05, 0.1) is 12.0 Å². The third-order valence-electron chi connectivity index (χ3n) is 4.61. The minimum Gasteiger partial charge on any atom is -0.311 e. The molecule has 2 aliphatic heterocycles. The highest BCUT2D eigenvalue weighted by molar-refractivity contribution is 5.97. The van der Waals surface area contributed by atoms with E-state index in [4.69, 9.17) is 0 Å². The Morgan fingerprint density at radius 3 is 2.68 bits per heavy atom. The van der Waals surface area contributed by atoms with E-state index in [0.717, 1.165) is 24.2 Å². The van der Waals surface area contributed by atoms with Crippen LogP contribution in [-0.2, 0) is 11.2 Å². The number of carbonyl (C=O) groups is 1. The van der Waals surface area contributed by atoms with E-state index in [1.54, 1.807) is 0 Å². The number of fused-ring (bicyclic) bond motifs is 1. The monoisotopic (exact) mass is 293 g/mol. The SMILES string of the molecule is O=C(C1CNNC1c1ccccc1)N1CCc2ccccc21. The van der Waals surface area contributed by atoms with E-state index >= 15 is 0 Å². The molecule has 0 radical (unpaired) electrons. The van der Waals surface area contributed by atoms with Crippen molar-refractivity contribution >= 4 is 11.6 Å². The number of rotatable bonds is 2. The molecule has 112 valence electrons. The lowest BCUT2D eigenvalue weighted by Crippen LogP contribution is -2.38. The average molecular weight is 293 g/mol. The Balaban J connectivity index is 1.60. The number of para-hydroxylation sites is 1. The highest BCUT2D eigenvalue weighted by Crippen LogP contribution is 2.32. The normalized spacial score (nSPS) is 23.5. The molecule has 4 nitrogen and oxygen atoms in total. The molecule has 22 heavy (non-hydrogen) atoms. The van der Waals surface area contributed by atoms with Crippen LogP contribution in [0, 0.1) is 5.92 Å². The summed E-state index contributed by atoms with van der Waals surface area (Å²) in [6, 6.07) is 18.4. The molecule has 0 aliphatic carbocycles. The van der Waals surface area contributed by atoms with Crippen molar-refractivity contribution in [3.8, 4) is 0 Å². The third kappa shape index (κ3) is 2.21. The lowest BCUT2D eigenvalue weighted by molar-refractivity contribution is -0.122. The van der Waals surface area contributed by atoms with Gasteiger partial charge in [0.25, 0.3) is 0 Å². The second-order valence-corrected chi connectivity index (χ2v) is 5.89. The van der Waals surface area contributed by atoms with Gasteiger partial charge in [-0.2, -0.15) is 0 Å². The van der Waals surface area contributed by atoms with Crippen LogP contribution >= 0.6 is 0 Å². The highest BCUT2D eigenvalue weighted by Gasteiger charge is 2.38. The summed E-state index contributed by atoms with van der Waals surface area (Å²) in [7, 11) is 0. The molecule has 1 saturated heterocycles. The molecule has 2 N–H and O–H groups in total. The molecule has 2 aromatic rings. The van der Waals surface area contributed by atoms with Crippen molar-refractivity contribution in [3.63, 3.8) is 0 Å². The zero-order valence-corrected chi connectivity index (χ0v) is 12.3. The van der Waals surface area contributed by atoms with Gasteiger partial charge < -0.3 is 4.90 Å². The summed E-state index contributed by atoms with van der Waals surface area (Å²) in [4.78, 5) is 15.0. The van der Waals surface area contributed by atoms with Crippen LogP contribution in [-0.4, -0.2) is 19.0 Å². The van der Waals surface area contributed by atoms with E-state index in [1.807, 2.05) is 41.3 Å². The first-order valence-corrected chi connectivity index (χ1v) is 7.77. The first-order chi connectivity index (χ1) is 10.8. The summed E-state index contributed by atoms with van der Waals surface area (Å²) in [5, 5.41) is 0. The number of anilines is 1. The number of hydrogen-bond donors (Lipinski definition) is 2. The van der Waals surface area contributed by atoms with E-state index < -0.39 is 0 Å². The van der Waals surface area contributed by atoms with Gasteiger partial charge in [-0.05, 0) is 23.6 Å². The van der Waals surface area contributed by atoms with E-state index in [-0.39, 0.29) is 17.9 Å². The van der Waals surface area contributed by atoms with Crippen LogP contribution in [0.1, 0.15) is 17.2 Å². The first kappa shape index (κ1) is 13.5. The van der Waals surface area contributed by atoms with E-state index in [2.05, 4.69) is 29.1 Å². The molecule has 0 bridgehead atoms. The molecule has 1 fully saturated rings. The van der Waals surface area contributed by atoms with Crippen molar-refractivity contribution in [2.45, 2.75) is 12.5 Å². The van der Waals surface area contributed by atoms with Crippen molar-refractivity contribution in [1.82, 2.24) is 10.9 Å². The quantitative estimate of drug-likeness (QED) is 0.890. The smallest absolute Gasteiger partial charge is 0.233 e. The van der Waals surface area contributed by atoms with Crippen LogP contribution in [0.25, 0.3) is 0 Å². The number of benzene rings is 2. The third-order valence-corrected chi connectivity index (χ3v) is 4.61. The molecule has 2 aliphatic rings. The summed E-state index contributed by atoms with van der Waals surface area (Å²) in [6.07, 6.45) is 0.950. The van der Waals surface area contributed by atoms with Crippen molar-refractivity contribution in [1.29, 1.82) is 0 Å². The fourth-order valence-corrected chi connectivity index (χ4v) is 3.47. The first-order valence-electron chi connectivity index (χ1n) is 7.77. The van der Waals surface area contributed by atoms with Gasteiger partial charge in [-0.3, -0.25) is 10.2 Å². The number of hydrogen-bond acceptors (Lipinski definition) is 3. The van der Waals surface area contributed by atoms with Crippen LogP contribution in [0.3, 0.4) is 0 Å². The van der Waals surface area contributed by atoms with E-state index in [9.17, 15) is 4.79 Å². The molecular weight excluding hydrogens is 274 g/mol. The molecule has 0 saturated carbocycles. The molecule has 2 heterocycles. The van der Waals surface area contributed by atoms with Gasteiger partial charge in [0, 0.05) is 18.8 Å². The number of hydrazine groups is 1. The van der Waals surface area contributed by atoms with Gasteiger partial charge in [-0.15, -0.1) is 0 Å². The second-order valence-electron chi connectivity index (χ2n) is 5.89. The van der Waals surface area contributed by atoms with Crippen molar-refractivity contribution in [3.05, 3.63) is 65.7 Å². The Labute approximate surface area is 130 Å². The van der Waals surface area contributed by atoms with Crippen molar-refractivity contribution < 1.29 is 4.79 Å². The Morgan fingerprint density at radius 2 is 1.82 bits per heavy atom. The largest absolute Gasteiger partial charge is 0.311 e. The summed E-state index contributed by atoms with van der Waals surface area (Å²) >= 11 is 0. The zero-order chi connectivity index (χ0) is 14.9. The lowest BCUT2D eigenvalue weighted by Gasteiger charge is -2.24. The van der Waals surface area contributed by atoms with E-state index in [1.165, 1.54) is 5.56 Å². The van der Waals surface area contributed by atoms with E-state index in [0.29, 0.717) is 6.54 Å². The standard InChI is InChI=1S/C18H19N3O/c22-18(21-11-10-13-6-4-5-9-16(13)21)15-12-19-20-17(15)14-7-2-1-3-8-14/h1-9,15,17,19-20H,10-12H2. The lowest BCUT2D eigenvalue weighted by atomic mass is 9.93. The Bertz CT molecular complexity index is 686. The van der Waals surface area contributed by atoms with Gasteiger partial charge in [0.1, 0.15) is 0 Å². The Kier molecular flexibility index (Phi) is 3.41. The van der Waals surface area contributed by atoms with Gasteiger partial charge in [-0.25, -0.2) is 5.43 Å². The number of nitrogens with one attached hydrogen (secondary N) is 2. The highest BCUT2D eigenvalue weighted by atomic mass is 16.2. The molecule has 0 spiro atoms. The van der Waals surface area contributed by atoms with Crippen LogP contribution in [0.2, 0.25) is 0 Å². The van der Waals surface area contributed by atoms with Crippen molar-refractivity contribution in [2.75, 3.05) is 18.0 Å². The molecule has 2 atom stereocenters. The maximum atomic E-state index is 13.0. The number of nitrogens with zero attached hydrogens (tertiary/aromatic N) is 1. The summed E-state index contributed by atoms with van der Waals surface area (Å²) in [6.45, 7) is 1.45. The van der Waals surface area contributed by atoms with Crippen LogP contribution in [0.15, 0.2) is 54.6 Å². The van der Waals surface area contributed by atoms with Crippen molar-refractivity contribution in [2.24, 2.45) is 5.92 Å². The molecule has 2 unspecified atom stereocenters. The summed E-state index contributed by atoms with van der Waals surface area (Å²) < 4.78 is 0.